The minimum absolute atomic E-state index is 0.0190. The van der Waals surface area contributed by atoms with Crippen LogP contribution in [0.25, 0.3) is 0 Å². The molecule has 1 N–H and O–H groups in total. The molecular weight excluding hydrogens is 290 g/mol. The van der Waals surface area contributed by atoms with Gasteiger partial charge in [-0.1, -0.05) is 0 Å². The Morgan fingerprint density at radius 3 is 2.70 bits per heavy atom. The molecule has 1 heterocycles. The van der Waals surface area contributed by atoms with Gasteiger partial charge in [0.05, 0.1) is 19.0 Å². The molecular formula is C12H22F2N2O3S. The van der Waals surface area contributed by atoms with Gasteiger partial charge in [0.1, 0.15) is 0 Å². The van der Waals surface area contributed by atoms with Crippen molar-refractivity contribution in [1.29, 1.82) is 0 Å². The van der Waals surface area contributed by atoms with Gasteiger partial charge in [-0.15, -0.1) is 0 Å². The first-order valence-electron chi connectivity index (χ1n) is 7.00. The van der Waals surface area contributed by atoms with Crippen molar-refractivity contribution in [3.05, 3.63) is 0 Å². The van der Waals surface area contributed by atoms with E-state index in [1.54, 1.807) is 6.92 Å². The Kier molecular flexibility index (Phi) is 4.99. The molecule has 2 fully saturated rings. The maximum absolute atomic E-state index is 13.0. The van der Waals surface area contributed by atoms with Gasteiger partial charge in [0.15, 0.2) is 0 Å². The highest BCUT2D eigenvalue weighted by molar-refractivity contribution is 7.89. The van der Waals surface area contributed by atoms with E-state index in [4.69, 9.17) is 4.74 Å². The molecule has 2 rings (SSSR count). The molecule has 0 spiro atoms. The zero-order valence-corrected chi connectivity index (χ0v) is 12.5. The fraction of sp³-hybridized carbons (Fsp3) is 1.00. The van der Waals surface area contributed by atoms with Gasteiger partial charge < -0.3 is 4.74 Å². The lowest BCUT2D eigenvalue weighted by molar-refractivity contribution is -0.150. The minimum Gasteiger partial charge on any atom is -0.378 e. The van der Waals surface area contributed by atoms with Gasteiger partial charge in [-0.2, -0.15) is 0 Å². The lowest BCUT2D eigenvalue weighted by Crippen LogP contribution is -2.56. The van der Waals surface area contributed by atoms with Gasteiger partial charge in [-0.25, -0.2) is 21.9 Å². The van der Waals surface area contributed by atoms with Crippen LogP contribution >= 0.6 is 0 Å². The molecule has 0 aromatic rings. The number of alkyl halides is 2. The van der Waals surface area contributed by atoms with Crippen LogP contribution in [0.5, 0.6) is 0 Å². The van der Waals surface area contributed by atoms with E-state index in [2.05, 4.69) is 9.62 Å². The summed E-state index contributed by atoms with van der Waals surface area (Å²) in [5.74, 6) is -2.53. The van der Waals surface area contributed by atoms with Crippen LogP contribution in [0.1, 0.15) is 19.8 Å². The van der Waals surface area contributed by atoms with Crippen LogP contribution in [0.3, 0.4) is 0 Å². The number of halogens is 2. The Balaban J connectivity index is 1.82. The molecule has 0 radical (unpaired) electrons. The molecule has 20 heavy (non-hydrogen) atoms. The van der Waals surface area contributed by atoms with E-state index >= 15 is 0 Å². The summed E-state index contributed by atoms with van der Waals surface area (Å²) in [6.45, 7) is 4.13. The topological polar surface area (TPSA) is 58.6 Å². The molecule has 118 valence electrons. The van der Waals surface area contributed by atoms with Crippen molar-refractivity contribution in [2.45, 2.75) is 31.7 Å². The van der Waals surface area contributed by atoms with E-state index < -0.39 is 15.9 Å². The Bertz CT molecular complexity index is 422. The number of nitrogens with zero attached hydrogens (tertiary/aromatic N) is 1. The molecule has 0 amide bonds. The SMILES string of the molecule is CCS(=O)(=O)NCCN1CCOCC1C1CC(F)(F)C1. The Labute approximate surface area is 118 Å². The molecule has 1 atom stereocenters. The number of morpholine rings is 1. The minimum atomic E-state index is -3.20. The summed E-state index contributed by atoms with van der Waals surface area (Å²) in [6.07, 6.45) is -0.170. The second-order valence-electron chi connectivity index (χ2n) is 5.50. The summed E-state index contributed by atoms with van der Waals surface area (Å²) >= 11 is 0. The van der Waals surface area contributed by atoms with E-state index in [9.17, 15) is 17.2 Å². The van der Waals surface area contributed by atoms with Crippen molar-refractivity contribution in [3.63, 3.8) is 0 Å². The highest BCUT2D eigenvalue weighted by Crippen LogP contribution is 2.45. The molecule has 0 bridgehead atoms. The van der Waals surface area contributed by atoms with E-state index in [1.165, 1.54) is 0 Å². The first-order valence-corrected chi connectivity index (χ1v) is 8.65. The average Bonchev–Trinajstić information content (AvgIpc) is 2.36. The van der Waals surface area contributed by atoms with Crippen LogP contribution in [0, 0.1) is 5.92 Å². The molecule has 1 aliphatic carbocycles. The summed E-state index contributed by atoms with van der Waals surface area (Å²) in [5.41, 5.74) is 0. The van der Waals surface area contributed by atoms with Crippen molar-refractivity contribution in [2.24, 2.45) is 5.92 Å². The maximum atomic E-state index is 13.0. The summed E-state index contributed by atoms with van der Waals surface area (Å²) in [6, 6.07) is -0.0190. The largest absolute Gasteiger partial charge is 0.378 e. The van der Waals surface area contributed by atoms with Gasteiger partial charge in [-0.05, 0) is 12.8 Å². The van der Waals surface area contributed by atoms with Gasteiger partial charge in [0.25, 0.3) is 0 Å². The van der Waals surface area contributed by atoms with Crippen LogP contribution in [0.4, 0.5) is 8.78 Å². The Morgan fingerprint density at radius 1 is 1.40 bits per heavy atom. The molecule has 0 aromatic heterocycles. The first-order chi connectivity index (χ1) is 9.33. The third kappa shape index (κ3) is 4.09. The zero-order chi connectivity index (χ0) is 14.8. The van der Waals surface area contributed by atoms with Crippen LogP contribution in [0.2, 0.25) is 0 Å². The second-order valence-corrected chi connectivity index (χ2v) is 7.60. The van der Waals surface area contributed by atoms with E-state index in [-0.39, 0.29) is 30.6 Å². The fourth-order valence-corrected chi connectivity index (χ4v) is 3.40. The molecule has 5 nitrogen and oxygen atoms in total. The lowest BCUT2D eigenvalue weighted by atomic mass is 9.75. The lowest BCUT2D eigenvalue weighted by Gasteiger charge is -2.46. The first kappa shape index (κ1) is 16.1. The van der Waals surface area contributed by atoms with Gasteiger partial charge >= 0.3 is 0 Å². The number of hydrogen-bond acceptors (Lipinski definition) is 4. The number of sulfonamides is 1. The quantitative estimate of drug-likeness (QED) is 0.783. The third-order valence-corrected chi connectivity index (χ3v) is 5.45. The monoisotopic (exact) mass is 312 g/mol. The molecule has 8 heteroatoms. The van der Waals surface area contributed by atoms with E-state index in [1.807, 2.05) is 0 Å². The summed E-state index contributed by atoms with van der Waals surface area (Å²) in [5, 5.41) is 0. The summed E-state index contributed by atoms with van der Waals surface area (Å²) < 4.78 is 56.5. The Morgan fingerprint density at radius 2 is 2.10 bits per heavy atom. The number of nitrogens with one attached hydrogen (secondary N) is 1. The number of ether oxygens (including phenoxy) is 1. The fourth-order valence-electron chi connectivity index (χ4n) is 2.80. The van der Waals surface area contributed by atoms with Gasteiger partial charge in [0, 0.05) is 38.5 Å². The van der Waals surface area contributed by atoms with Crippen LogP contribution in [0.15, 0.2) is 0 Å². The molecule has 1 unspecified atom stereocenters. The molecule has 1 aliphatic heterocycles. The third-order valence-electron chi connectivity index (χ3n) is 4.05. The van der Waals surface area contributed by atoms with Gasteiger partial charge in [-0.3, -0.25) is 4.90 Å². The maximum Gasteiger partial charge on any atom is 0.248 e. The molecule has 2 aliphatic rings. The van der Waals surface area contributed by atoms with Crippen molar-refractivity contribution in [1.82, 2.24) is 9.62 Å². The number of hydrogen-bond donors (Lipinski definition) is 1. The smallest absolute Gasteiger partial charge is 0.248 e. The summed E-state index contributed by atoms with van der Waals surface area (Å²) in [4.78, 5) is 2.07. The zero-order valence-electron chi connectivity index (χ0n) is 11.6. The highest BCUT2D eigenvalue weighted by atomic mass is 32.2. The van der Waals surface area contributed by atoms with E-state index in [0.29, 0.717) is 32.8 Å². The van der Waals surface area contributed by atoms with Crippen LogP contribution in [-0.4, -0.2) is 63.9 Å². The molecule has 1 saturated heterocycles. The second kappa shape index (κ2) is 6.21. The van der Waals surface area contributed by atoms with Crippen molar-refractivity contribution >= 4 is 10.0 Å². The number of rotatable bonds is 6. The molecule has 1 saturated carbocycles. The normalized spacial score (nSPS) is 28.2. The average molecular weight is 312 g/mol. The molecule has 0 aromatic carbocycles. The predicted molar refractivity (Wildman–Crippen MR) is 71.3 cm³/mol. The van der Waals surface area contributed by atoms with Crippen molar-refractivity contribution in [3.8, 4) is 0 Å². The van der Waals surface area contributed by atoms with Crippen molar-refractivity contribution in [2.75, 3.05) is 38.6 Å². The highest BCUT2D eigenvalue weighted by Gasteiger charge is 2.50. The standard InChI is InChI=1S/C12H22F2N2O3S/c1-2-20(17,18)15-3-4-16-5-6-19-9-11(16)10-7-12(13,14)8-10/h10-11,15H,2-9H2,1H3. The van der Waals surface area contributed by atoms with E-state index in [0.717, 1.165) is 0 Å². The summed E-state index contributed by atoms with van der Waals surface area (Å²) in [7, 11) is -3.20. The van der Waals surface area contributed by atoms with Crippen LogP contribution in [-0.2, 0) is 14.8 Å². The van der Waals surface area contributed by atoms with Gasteiger partial charge in [0.2, 0.25) is 15.9 Å². The predicted octanol–water partition coefficient (Wildman–Crippen LogP) is 0.672. The van der Waals surface area contributed by atoms with Crippen LogP contribution < -0.4 is 4.72 Å². The van der Waals surface area contributed by atoms with Crippen molar-refractivity contribution < 1.29 is 21.9 Å². The Hall–Kier alpha value is -0.310.